The van der Waals surface area contributed by atoms with Crippen LogP contribution >= 0.6 is 0 Å². The van der Waals surface area contributed by atoms with E-state index in [0.29, 0.717) is 24.9 Å². The molecule has 1 fully saturated rings. The molecule has 1 N–H and O–H groups in total. The molecule has 2 heterocycles. The third kappa shape index (κ3) is 3.46. The maximum absolute atomic E-state index is 5.17. The van der Waals surface area contributed by atoms with Gasteiger partial charge in [-0.3, -0.25) is 5.32 Å². The van der Waals surface area contributed by atoms with Crippen molar-refractivity contribution in [2.75, 3.05) is 24.5 Å². The SMILES string of the molecule is C#CCNCc1nc(N2CCCCCC2)no1. The van der Waals surface area contributed by atoms with Gasteiger partial charge in [-0.05, 0) is 18.0 Å². The second-order valence-corrected chi connectivity index (χ2v) is 4.20. The Hall–Kier alpha value is -1.54. The van der Waals surface area contributed by atoms with Crippen molar-refractivity contribution < 1.29 is 4.52 Å². The molecule has 1 aromatic heterocycles. The molecule has 92 valence electrons. The maximum Gasteiger partial charge on any atom is 0.266 e. The molecular formula is C12H18N4O. The van der Waals surface area contributed by atoms with Gasteiger partial charge < -0.3 is 9.42 Å². The number of nitrogens with zero attached hydrogens (tertiary/aromatic N) is 3. The highest BCUT2D eigenvalue weighted by Crippen LogP contribution is 2.15. The van der Waals surface area contributed by atoms with E-state index < -0.39 is 0 Å². The third-order valence-electron chi connectivity index (χ3n) is 2.85. The Kier molecular flexibility index (Phi) is 4.39. The van der Waals surface area contributed by atoms with Crippen molar-refractivity contribution in [3.63, 3.8) is 0 Å². The fourth-order valence-electron chi connectivity index (χ4n) is 1.96. The van der Waals surface area contributed by atoms with E-state index in [1.54, 1.807) is 0 Å². The lowest BCUT2D eigenvalue weighted by atomic mass is 10.2. The van der Waals surface area contributed by atoms with Crippen molar-refractivity contribution in [2.24, 2.45) is 0 Å². The highest BCUT2D eigenvalue weighted by atomic mass is 16.5. The summed E-state index contributed by atoms with van der Waals surface area (Å²) in [5, 5.41) is 7.04. The minimum absolute atomic E-state index is 0.515. The van der Waals surface area contributed by atoms with Gasteiger partial charge in [-0.2, -0.15) is 4.98 Å². The molecule has 0 aromatic carbocycles. The average Bonchev–Trinajstić information content (AvgIpc) is 2.64. The van der Waals surface area contributed by atoms with Crippen LogP contribution in [0.5, 0.6) is 0 Å². The fourth-order valence-corrected chi connectivity index (χ4v) is 1.96. The molecule has 0 radical (unpaired) electrons. The van der Waals surface area contributed by atoms with Crippen LogP contribution < -0.4 is 10.2 Å². The zero-order valence-corrected chi connectivity index (χ0v) is 9.98. The van der Waals surface area contributed by atoms with E-state index in [4.69, 9.17) is 10.9 Å². The van der Waals surface area contributed by atoms with E-state index in [1.807, 2.05) is 0 Å². The maximum atomic E-state index is 5.17. The van der Waals surface area contributed by atoms with Crippen molar-refractivity contribution in [1.29, 1.82) is 0 Å². The quantitative estimate of drug-likeness (QED) is 0.626. The number of rotatable bonds is 4. The van der Waals surface area contributed by atoms with Gasteiger partial charge in [0.2, 0.25) is 5.89 Å². The summed E-state index contributed by atoms with van der Waals surface area (Å²) >= 11 is 0. The standard InChI is InChI=1S/C12H18N4O/c1-2-7-13-10-11-14-12(15-17-11)16-8-5-3-4-6-9-16/h1,13H,3-10H2. The highest BCUT2D eigenvalue weighted by molar-refractivity contribution is 5.27. The van der Waals surface area contributed by atoms with Crippen LogP contribution in [-0.4, -0.2) is 29.8 Å². The number of hydrogen-bond donors (Lipinski definition) is 1. The molecule has 1 aliphatic heterocycles. The van der Waals surface area contributed by atoms with Crippen LogP contribution in [0, 0.1) is 12.3 Å². The minimum atomic E-state index is 0.515. The van der Waals surface area contributed by atoms with Gasteiger partial charge in [-0.1, -0.05) is 18.8 Å². The van der Waals surface area contributed by atoms with E-state index >= 15 is 0 Å². The molecule has 1 aliphatic rings. The van der Waals surface area contributed by atoms with Crippen LogP contribution in [-0.2, 0) is 6.54 Å². The van der Waals surface area contributed by atoms with E-state index in [2.05, 4.69) is 26.3 Å². The minimum Gasteiger partial charge on any atom is -0.338 e. The second-order valence-electron chi connectivity index (χ2n) is 4.20. The van der Waals surface area contributed by atoms with Crippen molar-refractivity contribution in [3.8, 4) is 12.3 Å². The van der Waals surface area contributed by atoms with E-state index in [1.165, 1.54) is 25.7 Å². The molecule has 0 amide bonds. The highest BCUT2D eigenvalue weighted by Gasteiger charge is 2.15. The lowest BCUT2D eigenvalue weighted by Gasteiger charge is -2.16. The Bertz CT molecular complexity index is 374. The van der Waals surface area contributed by atoms with Crippen LogP contribution in [0.1, 0.15) is 31.6 Å². The molecule has 5 heteroatoms. The molecule has 0 saturated carbocycles. The summed E-state index contributed by atoms with van der Waals surface area (Å²) in [5.41, 5.74) is 0. The fraction of sp³-hybridized carbons (Fsp3) is 0.667. The Morgan fingerprint density at radius 2 is 2.06 bits per heavy atom. The Balaban J connectivity index is 1.90. The molecule has 5 nitrogen and oxygen atoms in total. The first-order valence-corrected chi connectivity index (χ1v) is 6.12. The summed E-state index contributed by atoms with van der Waals surface area (Å²) in [7, 11) is 0. The molecule has 0 bridgehead atoms. The van der Waals surface area contributed by atoms with Crippen molar-refractivity contribution in [2.45, 2.75) is 32.2 Å². The predicted molar refractivity (Wildman–Crippen MR) is 65.5 cm³/mol. The monoisotopic (exact) mass is 234 g/mol. The van der Waals surface area contributed by atoms with Crippen LogP contribution in [0.25, 0.3) is 0 Å². The van der Waals surface area contributed by atoms with Gasteiger partial charge in [0.1, 0.15) is 0 Å². The molecule has 2 rings (SSSR count). The molecule has 0 atom stereocenters. The Morgan fingerprint density at radius 3 is 2.76 bits per heavy atom. The van der Waals surface area contributed by atoms with Crippen LogP contribution in [0.3, 0.4) is 0 Å². The normalized spacial score (nSPS) is 16.5. The molecule has 0 unspecified atom stereocenters. The van der Waals surface area contributed by atoms with Gasteiger partial charge >= 0.3 is 0 Å². The smallest absolute Gasteiger partial charge is 0.266 e. The van der Waals surface area contributed by atoms with Gasteiger partial charge in [0, 0.05) is 13.1 Å². The zero-order valence-electron chi connectivity index (χ0n) is 9.98. The number of aromatic nitrogens is 2. The summed E-state index contributed by atoms with van der Waals surface area (Å²) in [6.45, 7) is 3.10. The van der Waals surface area contributed by atoms with Gasteiger partial charge in [-0.15, -0.1) is 6.42 Å². The third-order valence-corrected chi connectivity index (χ3v) is 2.85. The van der Waals surface area contributed by atoms with Crippen LogP contribution in [0.4, 0.5) is 5.95 Å². The van der Waals surface area contributed by atoms with E-state index in [-0.39, 0.29) is 0 Å². The molecule has 17 heavy (non-hydrogen) atoms. The largest absolute Gasteiger partial charge is 0.338 e. The van der Waals surface area contributed by atoms with Crippen molar-refractivity contribution in [1.82, 2.24) is 15.5 Å². The van der Waals surface area contributed by atoms with Crippen molar-refractivity contribution in [3.05, 3.63) is 5.89 Å². The summed E-state index contributed by atoms with van der Waals surface area (Å²) < 4.78 is 5.17. The first-order valence-electron chi connectivity index (χ1n) is 6.12. The lowest BCUT2D eigenvalue weighted by Crippen LogP contribution is -2.25. The predicted octanol–water partition coefficient (Wildman–Crippen LogP) is 1.17. The van der Waals surface area contributed by atoms with Gasteiger partial charge in [0.15, 0.2) is 0 Å². The van der Waals surface area contributed by atoms with Crippen LogP contribution in [0.2, 0.25) is 0 Å². The first kappa shape index (κ1) is 11.9. The Morgan fingerprint density at radius 1 is 1.29 bits per heavy atom. The topological polar surface area (TPSA) is 54.2 Å². The number of anilines is 1. The molecule has 1 saturated heterocycles. The lowest BCUT2D eigenvalue weighted by molar-refractivity contribution is 0.369. The number of terminal acetylenes is 1. The van der Waals surface area contributed by atoms with E-state index in [0.717, 1.165) is 13.1 Å². The first-order chi connectivity index (χ1) is 8.40. The molecule has 0 aliphatic carbocycles. The zero-order chi connectivity index (χ0) is 11.9. The molecular weight excluding hydrogens is 216 g/mol. The van der Waals surface area contributed by atoms with Gasteiger partial charge in [-0.25, -0.2) is 0 Å². The summed E-state index contributed by atoms with van der Waals surface area (Å²) in [6.07, 6.45) is 10.2. The summed E-state index contributed by atoms with van der Waals surface area (Å²) in [5.74, 6) is 3.81. The van der Waals surface area contributed by atoms with Crippen LogP contribution in [0.15, 0.2) is 4.52 Å². The summed E-state index contributed by atoms with van der Waals surface area (Å²) in [6, 6.07) is 0. The summed E-state index contributed by atoms with van der Waals surface area (Å²) in [4.78, 5) is 6.56. The van der Waals surface area contributed by atoms with Gasteiger partial charge in [0.25, 0.3) is 5.95 Å². The second kappa shape index (κ2) is 6.26. The van der Waals surface area contributed by atoms with Gasteiger partial charge in [0.05, 0.1) is 13.1 Å². The van der Waals surface area contributed by atoms with E-state index in [9.17, 15) is 0 Å². The molecule has 0 spiro atoms. The number of hydrogen-bond acceptors (Lipinski definition) is 5. The number of nitrogens with one attached hydrogen (secondary N) is 1. The molecule has 1 aromatic rings. The Labute approximate surface area is 102 Å². The average molecular weight is 234 g/mol. The van der Waals surface area contributed by atoms with Crippen molar-refractivity contribution >= 4 is 5.95 Å².